The molecule has 1 aliphatic rings. The lowest BCUT2D eigenvalue weighted by molar-refractivity contribution is 0.735. The molecular formula is C12H15N. The van der Waals surface area contributed by atoms with Gasteiger partial charge in [0.2, 0.25) is 0 Å². The van der Waals surface area contributed by atoms with Crippen molar-refractivity contribution in [3.8, 4) is 0 Å². The Morgan fingerprint density at radius 2 is 2.00 bits per heavy atom. The molecule has 1 heteroatoms. The van der Waals surface area contributed by atoms with Crippen molar-refractivity contribution in [2.75, 3.05) is 5.32 Å². The summed E-state index contributed by atoms with van der Waals surface area (Å²) in [6, 6.07) is 8.49. The van der Waals surface area contributed by atoms with E-state index in [1.54, 1.807) is 0 Å². The molecule has 1 aromatic rings. The Balaban J connectivity index is 2.28. The molecule has 0 aliphatic carbocycles. The summed E-state index contributed by atoms with van der Waals surface area (Å²) in [6.45, 7) is 4.48. The summed E-state index contributed by atoms with van der Waals surface area (Å²) in [6.07, 6.45) is 3.24. The third-order valence-electron chi connectivity index (χ3n) is 2.57. The van der Waals surface area contributed by atoms with Gasteiger partial charge in [-0.3, -0.25) is 0 Å². The molecule has 0 bridgehead atoms. The van der Waals surface area contributed by atoms with Gasteiger partial charge in [0.05, 0.1) is 0 Å². The van der Waals surface area contributed by atoms with Crippen LogP contribution in [0.4, 0.5) is 5.69 Å². The van der Waals surface area contributed by atoms with E-state index in [1.807, 2.05) is 0 Å². The molecule has 0 radical (unpaired) electrons. The van der Waals surface area contributed by atoms with Crippen LogP contribution in [0, 0.1) is 5.92 Å². The number of para-hydroxylation sites is 1. The van der Waals surface area contributed by atoms with Crippen molar-refractivity contribution in [3.63, 3.8) is 0 Å². The van der Waals surface area contributed by atoms with Gasteiger partial charge in [-0.25, -0.2) is 0 Å². The average Bonchev–Trinajstić information content (AvgIpc) is 2.17. The maximum Gasteiger partial charge on any atom is 0.0415 e. The second kappa shape index (κ2) is 3.25. The topological polar surface area (TPSA) is 12.0 Å². The van der Waals surface area contributed by atoms with E-state index in [2.05, 4.69) is 49.6 Å². The summed E-state index contributed by atoms with van der Waals surface area (Å²) in [5.41, 5.74) is 4.15. The molecule has 1 nitrogen and oxygen atoms in total. The average molecular weight is 173 g/mol. The zero-order valence-corrected chi connectivity index (χ0v) is 8.17. The monoisotopic (exact) mass is 173 g/mol. The highest BCUT2D eigenvalue weighted by Gasteiger charge is 2.11. The quantitative estimate of drug-likeness (QED) is 0.687. The largest absolute Gasteiger partial charge is 0.361 e. The highest BCUT2D eigenvalue weighted by molar-refractivity contribution is 5.57. The van der Waals surface area contributed by atoms with Crippen molar-refractivity contribution in [2.45, 2.75) is 20.3 Å². The lowest BCUT2D eigenvalue weighted by atomic mass is 9.93. The van der Waals surface area contributed by atoms with Crippen LogP contribution in [0.15, 0.2) is 36.0 Å². The van der Waals surface area contributed by atoms with Gasteiger partial charge < -0.3 is 5.32 Å². The predicted molar refractivity (Wildman–Crippen MR) is 56.7 cm³/mol. The van der Waals surface area contributed by atoms with Gasteiger partial charge in [0.1, 0.15) is 0 Å². The fraction of sp³-hybridized carbons (Fsp3) is 0.333. The van der Waals surface area contributed by atoms with Crippen LogP contribution in [0.5, 0.6) is 0 Å². The summed E-state index contributed by atoms with van der Waals surface area (Å²) >= 11 is 0. The van der Waals surface area contributed by atoms with Crippen LogP contribution in [-0.4, -0.2) is 0 Å². The van der Waals surface area contributed by atoms with Crippen molar-refractivity contribution < 1.29 is 0 Å². The predicted octanol–water partition coefficient (Wildman–Crippen LogP) is 3.19. The summed E-state index contributed by atoms with van der Waals surface area (Å²) in [5, 5.41) is 3.33. The highest BCUT2D eigenvalue weighted by Crippen LogP contribution is 2.26. The molecule has 1 aliphatic heterocycles. The third-order valence-corrected chi connectivity index (χ3v) is 2.57. The van der Waals surface area contributed by atoms with Gasteiger partial charge >= 0.3 is 0 Å². The Labute approximate surface area is 79.5 Å². The minimum atomic E-state index is 0.640. The van der Waals surface area contributed by atoms with Crippen molar-refractivity contribution in [3.05, 3.63) is 41.6 Å². The van der Waals surface area contributed by atoms with E-state index < -0.39 is 0 Å². The van der Waals surface area contributed by atoms with E-state index in [0.29, 0.717) is 5.92 Å². The van der Waals surface area contributed by atoms with Crippen molar-refractivity contribution in [1.82, 2.24) is 0 Å². The van der Waals surface area contributed by atoms with Gasteiger partial charge in [-0.2, -0.15) is 0 Å². The summed E-state index contributed by atoms with van der Waals surface area (Å²) in [4.78, 5) is 0. The Kier molecular flexibility index (Phi) is 2.09. The van der Waals surface area contributed by atoms with Crippen molar-refractivity contribution in [2.24, 2.45) is 5.92 Å². The van der Waals surface area contributed by atoms with E-state index >= 15 is 0 Å². The van der Waals surface area contributed by atoms with Crippen LogP contribution in [0.2, 0.25) is 0 Å². The molecule has 0 saturated heterocycles. The number of rotatable bonds is 1. The van der Waals surface area contributed by atoms with Gasteiger partial charge in [0.15, 0.2) is 0 Å². The standard InChI is InChI=1S/C12H15N/c1-9(2)11-7-10-5-3-4-6-12(10)13-8-11/h3-6,8-9,13H,7H2,1-2H3. The number of anilines is 1. The number of fused-ring (bicyclic) bond motifs is 1. The molecule has 0 unspecified atom stereocenters. The van der Waals surface area contributed by atoms with Crippen LogP contribution in [0.3, 0.4) is 0 Å². The van der Waals surface area contributed by atoms with Crippen LogP contribution in [0.1, 0.15) is 19.4 Å². The Morgan fingerprint density at radius 1 is 1.23 bits per heavy atom. The van der Waals surface area contributed by atoms with Crippen LogP contribution in [-0.2, 0) is 6.42 Å². The first-order valence-corrected chi connectivity index (χ1v) is 4.81. The first-order chi connectivity index (χ1) is 6.27. The molecule has 0 fully saturated rings. The molecule has 0 saturated carbocycles. The molecule has 13 heavy (non-hydrogen) atoms. The maximum absolute atomic E-state index is 3.33. The van der Waals surface area contributed by atoms with Gasteiger partial charge in [-0.1, -0.05) is 32.0 Å². The maximum atomic E-state index is 3.33. The molecule has 0 aromatic heterocycles. The Hall–Kier alpha value is -1.24. The molecule has 68 valence electrons. The van der Waals surface area contributed by atoms with Gasteiger partial charge in [-0.15, -0.1) is 0 Å². The normalized spacial score (nSPS) is 14.8. The lowest BCUT2D eigenvalue weighted by Gasteiger charge is -2.20. The summed E-state index contributed by atoms with van der Waals surface area (Å²) in [5.74, 6) is 0.640. The van der Waals surface area contributed by atoms with Gasteiger partial charge in [0.25, 0.3) is 0 Å². The van der Waals surface area contributed by atoms with E-state index in [-0.39, 0.29) is 0 Å². The van der Waals surface area contributed by atoms with Crippen LogP contribution < -0.4 is 5.32 Å². The zero-order chi connectivity index (χ0) is 9.26. The van der Waals surface area contributed by atoms with Crippen LogP contribution in [0.25, 0.3) is 0 Å². The fourth-order valence-corrected chi connectivity index (χ4v) is 1.63. The summed E-state index contributed by atoms with van der Waals surface area (Å²) in [7, 11) is 0. The van der Waals surface area contributed by atoms with Crippen molar-refractivity contribution in [1.29, 1.82) is 0 Å². The molecule has 2 rings (SSSR count). The number of hydrogen-bond donors (Lipinski definition) is 1. The molecular weight excluding hydrogens is 158 g/mol. The first kappa shape index (κ1) is 8.36. The van der Waals surface area contributed by atoms with E-state index in [4.69, 9.17) is 0 Å². The highest BCUT2D eigenvalue weighted by atomic mass is 14.9. The molecule has 1 N–H and O–H groups in total. The Morgan fingerprint density at radius 3 is 2.77 bits per heavy atom. The Bertz CT molecular complexity index is 337. The lowest BCUT2D eigenvalue weighted by Crippen LogP contribution is -2.09. The molecule has 1 heterocycles. The molecule has 0 spiro atoms. The van der Waals surface area contributed by atoms with Crippen LogP contribution >= 0.6 is 0 Å². The number of nitrogens with one attached hydrogen (secondary N) is 1. The minimum Gasteiger partial charge on any atom is -0.361 e. The first-order valence-electron chi connectivity index (χ1n) is 4.81. The van der Waals surface area contributed by atoms with Gasteiger partial charge in [-0.05, 0) is 29.5 Å². The minimum absolute atomic E-state index is 0.640. The second-order valence-corrected chi connectivity index (χ2v) is 3.85. The SMILES string of the molecule is CC(C)C1=CNc2ccccc2C1. The molecule has 0 atom stereocenters. The number of allylic oxidation sites excluding steroid dienone is 1. The molecule has 1 aromatic carbocycles. The molecule has 0 amide bonds. The van der Waals surface area contributed by atoms with E-state index in [9.17, 15) is 0 Å². The summed E-state index contributed by atoms with van der Waals surface area (Å²) < 4.78 is 0. The second-order valence-electron chi connectivity index (χ2n) is 3.85. The van der Waals surface area contributed by atoms with E-state index in [1.165, 1.54) is 16.8 Å². The van der Waals surface area contributed by atoms with Gasteiger partial charge in [0, 0.05) is 11.9 Å². The van der Waals surface area contributed by atoms with Crippen molar-refractivity contribution >= 4 is 5.69 Å². The zero-order valence-electron chi connectivity index (χ0n) is 8.17. The third kappa shape index (κ3) is 1.59. The smallest absolute Gasteiger partial charge is 0.0415 e. The number of benzene rings is 1. The number of hydrogen-bond acceptors (Lipinski definition) is 1. The van der Waals surface area contributed by atoms with E-state index in [0.717, 1.165) is 6.42 Å². The fourth-order valence-electron chi connectivity index (χ4n) is 1.63.